The first-order valence-electron chi connectivity index (χ1n) is 3.67. The van der Waals surface area contributed by atoms with E-state index in [2.05, 4.69) is 4.74 Å². The average Bonchev–Trinajstić information content (AvgIpc) is 1.96. The topological polar surface area (TPSA) is 61.5 Å². The zero-order valence-corrected chi connectivity index (χ0v) is 6.63. The number of hydrogen-bond acceptors (Lipinski definition) is 4. The van der Waals surface area contributed by atoms with E-state index < -0.39 is 5.60 Å². The summed E-state index contributed by atoms with van der Waals surface area (Å²) in [6.07, 6.45) is 3.07. The number of carbonyl (C=O) groups excluding carboxylic acids is 1. The number of esters is 1. The number of carbonyl (C=O) groups is 1. The lowest BCUT2D eigenvalue weighted by molar-refractivity contribution is -0.158. The number of methoxy groups -OCH3 is 1. The van der Waals surface area contributed by atoms with Crippen molar-refractivity contribution in [1.29, 1.82) is 0 Å². The van der Waals surface area contributed by atoms with Gasteiger partial charge in [-0.25, -0.2) is 5.90 Å². The molecule has 2 N–H and O–H groups in total. The third-order valence-corrected chi connectivity index (χ3v) is 2.21. The minimum Gasteiger partial charge on any atom is -0.469 e. The molecule has 0 aliphatic heterocycles. The van der Waals surface area contributed by atoms with Gasteiger partial charge in [-0.05, 0) is 19.3 Å². The number of ether oxygens (including phenoxy) is 1. The van der Waals surface area contributed by atoms with Crippen molar-refractivity contribution in [2.75, 3.05) is 7.11 Å². The van der Waals surface area contributed by atoms with E-state index in [9.17, 15) is 4.79 Å². The fourth-order valence-corrected chi connectivity index (χ4v) is 1.24. The molecule has 0 aromatic rings. The third-order valence-electron chi connectivity index (χ3n) is 2.21. The van der Waals surface area contributed by atoms with Crippen LogP contribution in [0.1, 0.15) is 25.7 Å². The summed E-state index contributed by atoms with van der Waals surface area (Å²) >= 11 is 0. The molecule has 4 heteroatoms. The minimum atomic E-state index is -0.410. The maximum atomic E-state index is 10.8. The summed E-state index contributed by atoms with van der Waals surface area (Å²) in [7, 11) is 1.37. The van der Waals surface area contributed by atoms with Crippen LogP contribution in [-0.2, 0) is 14.4 Å². The van der Waals surface area contributed by atoms with E-state index >= 15 is 0 Å². The normalized spacial score (nSPS) is 20.5. The minimum absolute atomic E-state index is 0.254. The van der Waals surface area contributed by atoms with Gasteiger partial charge in [0.25, 0.3) is 0 Å². The second-order valence-corrected chi connectivity index (χ2v) is 2.91. The Balaban J connectivity index is 2.38. The summed E-state index contributed by atoms with van der Waals surface area (Å²) < 4.78 is 4.51. The van der Waals surface area contributed by atoms with Crippen molar-refractivity contribution < 1.29 is 14.4 Å². The van der Waals surface area contributed by atoms with Crippen molar-refractivity contribution in [2.24, 2.45) is 5.90 Å². The molecule has 0 heterocycles. The molecule has 1 aliphatic rings. The van der Waals surface area contributed by atoms with Crippen molar-refractivity contribution in [3.8, 4) is 0 Å². The Morgan fingerprint density at radius 3 is 2.55 bits per heavy atom. The molecule has 1 aliphatic carbocycles. The van der Waals surface area contributed by atoms with Gasteiger partial charge < -0.3 is 4.74 Å². The molecule has 0 aromatic heterocycles. The van der Waals surface area contributed by atoms with Crippen LogP contribution >= 0.6 is 0 Å². The van der Waals surface area contributed by atoms with E-state index in [1.807, 2.05) is 0 Å². The first-order valence-corrected chi connectivity index (χ1v) is 3.67. The Morgan fingerprint density at radius 2 is 2.27 bits per heavy atom. The fraction of sp³-hybridized carbons (Fsp3) is 0.857. The van der Waals surface area contributed by atoms with E-state index in [1.165, 1.54) is 7.11 Å². The smallest absolute Gasteiger partial charge is 0.308 e. The summed E-state index contributed by atoms with van der Waals surface area (Å²) in [4.78, 5) is 15.6. The standard InChI is InChI=1S/C7H13NO3/c1-10-6(9)5-7(11-8)3-2-4-7/h2-5,8H2,1H3. The molecule has 0 bridgehead atoms. The van der Waals surface area contributed by atoms with Gasteiger partial charge in [0, 0.05) is 0 Å². The van der Waals surface area contributed by atoms with Crippen molar-refractivity contribution in [1.82, 2.24) is 0 Å². The number of hydrogen-bond donors (Lipinski definition) is 1. The van der Waals surface area contributed by atoms with Crippen LogP contribution in [0.5, 0.6) is 0 Å². The highest BCUT2D eigenvalue weighted by atomic mass is 16.6. The van der Waals surface area contributed by atoms with Crippen molar-refractivity contribution >= 4 is 5.97 Å². The van der Waals surface area contributed by atoms with Crippen molar-refractivity contribution in [3.05, 3.63) is 0 Å². The fourth-order valence-electron chi connectivity index (χ4n) is 1.24. The van der Waals surface area contributed by atoms with Gasteiger partial charge in [-0.1, -0.05) is 0 Å². The molecule has 11 heavy (non-hydrogen) atoms. The first kappa shape index (κ1) is 8.49. The highest BCUT2D eigenvalue weighted by Crippen LogP contribution is 2.37. The van der Waals surface area contributed by atoms with Crippen LogP contribution in [0, 0.1) is 0 Å². The van der Waals surface area contributed by atoms with Gasteiger partial charge in [-0.2, -0.15) is 0 Å². The van der Waals surface area contributed by atoms with Crippen LogP contribution < -0.4 is 5.90 Å². The summed E-state index contributed by atoms with van der Waals surface area (Å²) in [5.41, 5.74) is -0.410. The van der Waals surface area contributed by atoms with Gasteiger partial charge in [-0.15, -0.1) is 0 Å². The Labute approximate surface area is 65.6 Å². The Kier molecular flexibility index (Phi) is 2.46. The molecule has 1 rings (SSSR count). The second-order valence-electron chi connectivity index (χ2n) is 2.91. The van der Waals surface area contributed by atoms with Crippen LogP contribution in [0.25, 0.3) is 0 Å². The van der Waals surface area contributed by atoms with E-state index in [0.29, 0.717) is 0 Å². The van der Waals surface area contributed by atoms with Crippen LogP contribution in [0.2, 0.25) is 0 Å². The SMILES string of the molecule is COC(=O)CC1(ON)CCC1. The van der Waals surface area contributed by atoms with E-state index in [1.54, 1.807) is 0 Å². The predicted molar refractivity (Wildman–Crippen MR) is 38.5 cm³/mol. The summed E-state index contributed by atoms with van der Waals surface area (Å²) in [5, 5.41) is 0. The molecule has 0 radical (unpaired) electrons. The zero-order chi connectivity index (χ0) is 8.32. The maximum Gasteiger partial charge on any atom is 0.308 e. The molecule has 1 saturated carbocycles. The van der Waals surface area contributed by atoms with Crippen molar-refractivity contribution in [2.45, 2.75) is 31.3 Å². The van der Waals surface area contributed by atoms with Gasteiger partial charge in [-0.3, -0.25) is 9.63 Å². The zero-order valence-electron chi connectivity index (χ0n) is 6.63. The lowest BCUT2D eigenvalue weighted by Gasteiger charge is -2.38. The van der Waals surface area contributed by atoms with Gasteiger partial charge in [0.1, 0.15) is 0 Å². The lowest BCUT2D eigenvalue weighted by atomic mass is 9.78. The van der Waals surface area contributed by atoms with E-state index in [4.69, 9.17) is 10.7 Å². The molecule has 4 nitrogen and oxygen atoms in total. The summed E-state index contributed by atoms with van der Waals surface area (Å²) in [6.45, 7) is 0. The highest BCUT2D eigenvalue weighted by molar-refractivity contribution is 5.70. The molecule has 0 aromatic carbocycles. The largest absolute Gasteiger partial charge is 0.469 e. The molecular formula is C7H13NO3. The molecule has 64 valence electrons. The van der Waals surface area contributed by atoms with E-state index in [-0.39, 0.29) is 12.4 Å². The Hall–Kier alpha value is -0.610. The van der Waals surface area contributed by atoms with Gasteiger partial charge >= 0.3 is 5.97 Å². The summed E-state index contributed by atoms with van der Waals surface area (Å²) in [6, 6.07) is 0. The Bertz CT molecular complexity index is 148. The molecular weight excluding hydrogens is 146 g/mol. The summed E-state index contributed by atoms with van der Waals surface area (Å²) in [5.74, 6) is 4.81. The third kappa shape index (κ3) is 1.70. The van der Waals surface area contributed by atoms with E-state index in [0.717, 1.165) is 19.3 Å². The monoisotopic (exact) mass is 159 g/mol. The average molecular weight is 159 g/mol. The molecule has 0 amide bonds. The number of rotatable bonds is 3. The predicted octanol–water partition coefficient (Wildman–Crippen LogP) is 0.362. The van der Waals surface area contributed by atoms with Gasteiger partial charge in [0.05, 0.1) is 19.1 Å². The van der Waals surface area contributed by atoms with Crippen LogP contribution in [0.15, 0.2) is 0 Å². The maximum absolute atomic E-state index is 10.8. The van der Waals surface area contributed by atoms with Crippen LogP contribution in [0.3, 0.4) is 0 Å². The van der Waals surface area contributed by atoms with Gasteiger partial charge in [0.15, 0.2) is 0 Å². The molecule has 0 spiro atoms. The van der Waals surface area contributed by atoms with Crippen LogP contribution in [-0.4, -0.2) is 18.7 Å². The quantitative estimate of drug-likeness (QED) is 0.477. The molecule has 0 unspecified atom stereocenters. The second kappa shape index (κ2) is 3.19. The number of nitrogens with two attached hydrogens (primary N) is 1. The van der Waals surface area contributed by atoms with Crippen LogP contribution in [0.4, 0.5) is 0 Å². The molecule has 0 atom stereocenters. The first-order chi connectivity index (χ1) is 5.22. The van der Waals surface area contributed by atoms with Crippen molar-refractivity contribution in [3.63, 3.8) is 0 Å². The molecule has 1 fully saturated rings. The molecule has 0 saturated heterocycles. The highest BCUT2D eigenvalue weighted by Gasteiger charge is 2.40. The van der Waals surface area contributed by atoms with Gasteiger partial charge in [0.2, 0.25) is 0 Å². The lowest BCUT2D eigenvalue weighted by Crippen LogP contribution is -2.44. The Morgan fingerprint density at radius 1 is 1.64 bits per heavy atom.